The third-order valence-electron chi connectivity index (χ3n) is 3.64. The van der Waals surface area contributed by atoms with Gasteiger partial charge >= 0.3 is 11.9 Å². The smallest absolute Gasteiger partial charge is 0.323 e. The monoisotopic (exact) mass is 460 g/mol. The number of hydrogen-bond donors (Lipinski definition) is 0. The second kappa shape index (κ2) is 6.01. The molecule has 20 heavy (non-hydrogen) atoms. The van der Waals surface area contributed by atoms with Crippen molar-refractivity contribution in [1.29, 1.82) is 0 Å². The first kappa shape index (κ1) is 17.4. The third kappa shape index (κ3) is 3.00. The molecule has 116 valence electrons. The third-order valence-corrected chi connectivity index (χ3v) is 3.64. The summed E-state index contributed by atoms with van der Waals surface area (Å²) in [7, 11) is 0. The maximum Gasteiger partial charge on any atom is 0.323 e. The summed E-state index contributed by atoms with van der Waals surface area (Å²) >= 11 is 0. The number of esters is 2. The maximum absolute atomic E-state index is 12.3. The van der Waals surface area contributed by atoms with Gasteiger partial charge in [0.15, 0.2) is 5.41 Å². The molecule has 0 aromatic heterocycles. The number of carbonyl (C=O) groups excluding carboxylic acids is 2. The van der Waals surface area contributed by atoms with E-state index in [-0.39, 0.29) is 38.7 Å². The van der Waals surface area contributed by atoms with E-state index in [2.05, 4.69) is 6.08 Å². The fraction of sp³-hybridized carbons (Fsp3) is 0.733. The molecule has 0 bridgehead atoms. The van der Waals surface area contributed by atoms with Crippen molar-refractivity contribution < 1.29 is 40.1 Å². The fourth-order valence-corrected chi connectivity index (χ4v) is 2.79. The van der Waals surface area contributed by atoms with Crippen LogP contribution in [0.5, 0.6) is 0 Å². The van der Waals surface area contributed by atoms with Gasteiger partial charge in [-0.05, 0) is 40.5 Å². The SMILES string of the molecule is CC(C)OC(=O)C1(C(=O)OC(C)C)CC2(C=[C-]C2)C1.[Pt]. The topological polar surface area (TPSA) is 52.6 Å². The molecule has 0 unspecified atom stereocenters. The van der Waals surface area contributed by atoms with E-state index in [0.717, 1.165) is 6.42 Å². The molecular formula is C15H21O4Pt-. The van der Waals surface area contributed by atoms with Crippen molar-refractivity contribution in [2.45, 2.75) is 59.2 Å². The van der Waals surface area contributed by atoms with E-state index >= 15 is 0 Å². The van der Waals surface area contributed by atoms with Gasteiger partial charge in [-0.3, -0.25) is 15.7 Å². The number of ether oxygens (including phenoxy) is 2. The zero-order valence-electron chi connectivity index (χ0n) is 12.3. The van der Waals surface area contributed by atoms with Crippen molar-refractivity contribution in [3.8, 4) is 0 Å². The van der Waals surface area contributed by atoms with Crippen LogP contribution in [0.4, 0.5) is 0 Å². The number of hydrogen-bond acceptors (Lipinski definition) is 4. The molecule has 2 rings (SSSR count). The Labute approximate surface area is 134 Å². The van der Waals surface area contributed by atoms with Gasteiger partial charge in [0.2, 0.25) is 0 Å². The fourth-order valence-electron chi connectivity index (χ4n) is 2.79. The molecule has 0 N–H and O–H groups in total. The molecule has 1 spiro atoms. The van der Waals surface area contributed by atoms with Crippen LogP contribution in [0, 0.1) is 16.9 Å². The summed E-state index contributed by atoms with van der Waals surface area (Å²) < 4.78 is 10.5. The minimum atomic E-state index is -1.10. The van der Waals surface area contributed by atoms with Crippen molar-refractivity contribution in [2.75, 3.05) is 0 Å². The minimum Gasteiger partial charge on any atom is -0.499 e. The van der Waals surface area contributed by atoms with Crippen molar-refractivity contribution >= 4 is 11.9 Å². The van der Waals surface area contributed by atoms with Crippen LogP contribution in [0.3, 0.4) is 0 Å². The summed E-state index contributed by atoms with van der Waals surface area (Å²) in [6.45, 7) is 7.13. The molecule has 0 aromatic rings. The van der Waals surface area contributed by atoms with Gasteiger partial charge in [0.05, 0.1) is 12.2 Å². The summed E-state index contributed by atoms with van der Waals surface area (Å²) in [4.78, 5) is 24.5. The van der Waals surface area contributed by atoms with Gasteiger partial charge in [0.25, 0.3) is 0 Å². The van der Waals surface area contributed by atoms with Gasteiger partial charge in [-0.2, -0.15) is 6.42 Å². The number of carbonyl (C=O) groups is 2. The van der Waals surface area contributed by atoms with Crippen molar-refractivity contribution in [1.82, 2.24) is 0 Å². The van der Waals surface area contributed by atoms with Crippen molar-refractivity contribution in [3.05, 3.63) is 12.2 Å². The molecule has 5 heteroatoms. The van der Waals surface area contributed by atoms with E-state index < -0.39 is 17.4 Å². The Morgan fingerprint density at radius 2 is 1.45 bits per heavy atom. The Balaban J connectivity index is 0.00000200. The van der Waals surface area contributed by atoms with Crippen LogP contribution < -0.4 is 0 Å². The molecule has 0 aliphatic heterocycles. The van der Waals surface area contributed by atoms with Crippen LogP contribution in [0.1, 0.15) is 47.0 Å². The van der Waals surface area contributed by atoms with E-state index in [4.69, 9.17) is 9.47 Å². The Morgan fingerprint density at radius 1 is 1.05 bits per heavy atom. The standard InChI is InChI=1S/C15H21O4.Pt/c1-10(2)18-12(16)15(13(17)19-11(3)4)8-14(9-15)6-5-7-14;/h6,10-11H,7-9H2,1-4H3;/q-1;. The van der Waals surface area contributed by atoms with Gasteiger partial charge in [0, 0.05) is 21.1 Å². The summed E-state index contributed by atoms with van der Waals surface area (Å²) in [5.41, 5.74) is -1.13. The Kier molecular flexibility index (Phi) is 5.23. The summed E-state index contributed by atoms with van der Waals surface area (Å²) in [5.74, 6) is -0.891. The van der Waals surface area contributed by atoms with Crippen molar-refractivity contribution in [2.24, 2.45) is 10.8 Å². The predicted octanol–water partition coefficient (Wildman–Crippen LogP) is 2.42. The molecule has 0 heterocycles. The number of allylic oxidation sites excluding steroid dienone is 2. The molecule has 4 nitrogen and oxygen atoms in total. The second-order valence-corrected chi connectivity index (χ2v) is 6.23. The zero-order chi connectivity index (χ0) is 14.3. The Morgan fingerprint density at radius 3 is 1.70 bits per heavy atom. The maximum atomic E-state index is 12.3. The predicted molar refractivity (Wildman–Crippen MR) is 69.0 cm³/mol. The molecule has 0 atom stereocenters. The Bertz CT molecular complexity index is 396. The molecule has 0 amide bonds. The zero-order valence-corrected chi connectivity index (χ0v) is 14.6. The molecule has 1 saturated carbocycles. The van der Waals surface area contributed by atoms with E-state index in [1.54, 1.807) is 27.7 Å². The van der Waals surface area contributed by atoms with Crippen LogP contribution in [-0.4, -0.2) is 24.1 Å². The Hall–Kier alpha value is -0.632. The molecule has 0 aromatic carbocycles. The first-order valence-corrected chi connectivity index (χ1v) is 6.80. The van der Waals surface area contributed by atoms with E-state index in [9.17, 15) is 9.59 Å². The van der Waals surface area contributed by atoms with Gasteiger partial charge in [-0.15, -0.1) is 0 Å². The molecule has 0 saturated heterocycles. The van der Waals surface area contributed by atoms with Crippen LogP contribution in [0.2, 0.25) is 0 Å². The first-order chi connectivity index (χ1) is 8.80. The summed E-state index contributed by atoms with van der Waals surface area (Å²) in [5, 5.41) is 0. The number of rotatable bonds is 4. The van der Waals surface area contributed by atoms with E-state index in [1.165, 1.54) is 0 Å². The van der Waals surface area contributed by atoms with Crippen LogP contribution in [0.25, 0.3) is 0 Å². The van der Waals surface area contributed by atoms with Gasteiger partial charge in [-0.1, -0.05) is 5.41 Å². The molecular weight excluding hydrogens is 439 g/mol. The van der Waals surface area contributed by atoms with Crippen molar-refractivity contribution in [3.63, 3.8) is 0 Å². The molecule has 2 aliphatic carbocycles. The van der Waals surface area contributed by atoms with Gasteiger partial charge < -0.3 is 15.5 Å². The summed E-state index contributed by atoms with van der Waals surface area (Å²) in [6.07, 6.45) is 6.39. The van der Waals surface area contributed by atoms with E-state index in [0.29, 0.717) is 12.8 Å². The first-order valence-electron chi connectivity index (χ1n) is 6.80. The van der Waals surface area contributed by atoms with Crippen LogP contribution in [0.15, 0.2) is 6.08 Å². The van der Waals surface area contributed by atoms with E-state index in [1.807, 2.05) is 6.08 Å². The van der Waals surface area contributed by atoms with Crippen LogP contribution in [-0.2, 0) is 40.1 Å². The second-order valence-electron chi connectivity index (χ2n) is 6.23. The minimum absolute atomic E-state index is 0. The quantitative estimate of drug-likeness (QED) is 0.368. The molecule has 1 fully saturated rings. The largest absolute Gasteiger partial charge is 0.499 e. The van der Waals surface area contributed by atoms with Gasteiger partial charge in [-0.25, -0.2) is 0 Å². The van der Waals surface area contributed by atoms with Gasteiger partial charge in [0.1, 0.15) is 0 Å². The average molecular weight is 460 g/mol. The summed E-state index contributed by atoms with van der Waals surface area (Å²) in [6, 6.07) is 0. The molecule has 0 radical (unpaired) electrons. The normalized spacial score (nSPS) is 20.9. The molecule has 2 aliphatic rings. The average Bonchev–Trinajstić information content (AvgIpc) is 2.10. The van der Waals surface area contributed by atoms with Crippen LogP contribution >= 0.6 is 0 Å².